The summed E-state index contributed by atoms with van der Waals surface area (Å²) in [6.07, 6.45) is 4.47. The second-order valence-electron chi connectivity index (χ2n) is 4.68. The van der Waals surface area contributed by atoms with Gasteiger partial charge in [-0.2, -0.15) is 0 Å². The molecule has 0 radical (unpaired) electrons. The number of hydrogen-bond donors (Lipinski definition) is 2. The van der Waals surface area contributed by atoms with E-state index in [0.717, 1.165) is 31.0 Å². The first-order valence-electron chi connectivity index (χ1n) is 6.33. The fourth-order valence-electron chi connectivity index (χ4n) is 2.01. The van der Waals surface area contributed by atoms with Gasteiger partial charge in [-0.1, -0.05) is 6.07 Å². The highest BCUT2D eigenvalue weighted by Crippen LogP contribution is 2.17. The summed E-state index contributed by atoms with van der Waals surface area (Å²) in [5.41, 5.74) is 1.16. The van der Waals surface area contributed by atoms with Crippen LogP contribution in [0.4, 0.5) is 5.82 Å². The molecule has 0 aliphatic carbocycles. The van der Waals surface area contributed by atoms with E-state index in [4.69, 9.17) is 5.11 Å². The van der Waals surface area contributed by atoms with Gasteiger partial charge in [-0.3, -0.25) is 0 Å². The summed E-state index contributed by atoms with van der Waals surface area (Å²) in [7, 11) is 0. The Balaban J connectivity index is 1.88. The van der Waals surface area contributed by atoms with Crippen LogP contribution in [-0.2, 0) is 6.54 Å². The van der Waals surface area contributed by atoms with Crippen LogP contribution in [0, 0.1) is 0 Å². The Morgan fingerprint density at radius 2 is 2.18 bits per heavy atom. The molecule has 4 nitrogen and oxygen atoms in total. The quantitative estimate of drug-likeness (QED) is 0.804. The van der Waals surface area contributed by atoms with E-state index >= 15 is 0 Å². The highest BCUT2D eigenvalue weighted by molar-refractivity contribution is 5.40. The van der Waals surface area contributed by atoms with Crippen molar-refractivity contribution in [3.8, 4) is 0 Å². The van der Waals surface area contributed by atoms with Crippen molar-refractivity contribution in [3.63, 3.8) is 0 Å². The summed E-state index contributed by atoms with van der Waals surface area (Å²) in [4.78, 5) is 6.81. The van der Waals surface area contributed by atoms with Crippen molar-refractivity contribution in [2.75, 3.05) is 24.6 Å². The van der Waals surface area contributed by atoms with Crippen molar-refractivity contribution in [1.29, 1.82) is 0 Å². The van der Waals surface area contributed by atoms with Gasteiger partial charge in [0.1, 0.15) is 5.82 Å². The fraction of sp³-hybridized carbons (Fsp3) is 0.615. The van der Waals surface area contributed by atoms with Crippen molar-refractivity contribution >= 4 is 5.82 Å². The summed E-state index contributed by atoms with van der Waals surface area (Å²) < 4.78 is 0. The molecule has 17 heavy (non-hydrogen) atoms. The molecule has 1 atom stereocenters. The van der Waals surface area contributed by atoms with E-state index < -0.39 is 0 Å². The molecule has 1 saturated heterocycles. The topological polar surface area (TPSA) is 48.4 Å². The van der Waals surface area contributed by atoms with Crippen molar-refractivity contribution in [1.82, 2.24) is 10.3 Å². The minimum atomic E-state index is 0.133. The standard InChI is InChI=1S/C13H21N3O/c1-11(10-17)14-8-12-4-5-13(15-9-12)16-6-2-3-7-16/h4-5,9,11,14,17H,2-3,6-8,10H2,1H3/t11-/m1/s1. The lowest BCUT2D eigenvalue weighted by atomic mass is 10.2. The molecule has 0 bridgehead atoms. The van der Waals surface area contributed by atoms with E-state index in [9.17, 15) is 0 Å². The SMILES string of the molecule is C[C@H](CO)NCc1ccc(N2CCCC2)nc1. The van der Waals surface area contributed by atoms with Crippen molar-refractivity contribution in [2.45, 2.75) is 32.4 Å². The van der Waals surface area contributed by atoms with E-state index in [0.29, 0.717) is 0 Å². The van der Waals surface area contributed by atoms with Crippen molar-refractivity contribution < 1.29 is 5.11 Å². The number of aromatic nitrogens is 1. The Kier molecular flexibility index (Phi) is 4.34. The molecule has 94 valence electrons. The number of aliphatic hydroxyl groups excluding tert-OH is 1. The number of nitrogens with zero attached hydrogens (tertiary/aromatic N) is 2. The molecule has 4 heteroatoms. The van der Waals surface area contributed by atoms with Crippen LogP contribution in [0.3, 0.4) is 0 Å². The average molecular weight is 235 g/mol. The van der Waals surface area contributed by atoms with Gasteiger partial charge in [0.25, 0.3) is 0 Å². The zero-order chi connectivity index (χ0) is 12.1. The molecule has 1 aliphatic rings. The first-order valence-corrected chi connectivity index (χ1v) is 6.33. The number of rotatable bonds is 5. The average Bonchev–Trinajstić information content (AvgIpc) is 2.90. The van der Waals surface area contributed by atoms with Crippen LogP contribution < -0.4 is 10.2 Å². The van der Waals surface area contributed by atoms with Gasteiger partial charge in [0.15, 0.2) is 0 Å². The largest absolute Gasteiger partial charge is 0.395 e. The lowest BCUT2D eigenvalue weighted by molar-refractivity contribution is 0.251. The van der Waals surface area contributed by atoms with E-state index in [1.165, 1.54) is 12.8 Å². The number of nitrogens with one attached hydrogen (secondary N) is 1. The van der Waals surface area contributed by atoms with Crippen LogP contribution in [0.25, 0.3) is 0 Å². The van der Waals surface area contributed by atoms with E-state index in [1.807, 2.05) is 13.1 Å². The van der Waals surface area contributed by atoms with Gasteiger partial charge >= 0.3 is 0 Å². The maximum atomic E-state index is 8.92. The summed E-state index contributed by atoms with van der Waals surface area (Å²) in [6.45, 7) is 5.15. The third-order valence-corrected chi connectivity index (χ3v) is 3.17. The molecule has 0 saturated carbocycles. The number of pyridine rings is 1. The molecular formula is C13H21N3O. The smallest absolute Gasteiger partial charge is 0.128 e. The lowest BCUT2D eigenvalue weighted by Crippen LogP contribution is -2.28. The van der Waals surface area contributed by atoms with Gasteiger partial charge in [0.2, 0.25) is 0 Å². The van der Waals surface area contributed by atoms with Gasteiger partial charge in [0.05, 0.1) is 6.61 Å². The molecule has 2 heterocycles. The van der Waals surface area contributed by atoms with E-state index in [2.05, 4.69) is 27.3 Å². The highest BCUT2D eigenvalue weighted by Gasteiger charge is 2.12. The maximum absolute atomic E-state index is 8.92. The predicted octanol–water partition coefficient (Wildman–Crippen LogP) is 1.15. The fourth-order valence-corrected chi connectivity index (χ4v) is 2.01. The molecular weight excluding hydrogens is 214 g/mol. The van der Waals surface area contributed by atoms with Crippen LogP contribution in [0.1, 0.15) is 25.3 Å². The number of hydrogen-bond acceptors (Lipinski definition) is 4. The molecule has 2 rings (SSSR count). The lowest BCUT2D eigenvalue weighted by Gasteiger charge is -2.16. The normalized spacial score (nSPS) is 17.4. The summed E-state index contributed by atoms with van der Waals surface area (Å²) in [5.74, 6) is 1.08. The maximum Gasteiger partial charge on any atom is 0.128 e. The van der Waals surface area contributed by atoms with Gasteiger partial charge in [-0.25, -0.2) is 4.98 Å². The summed E-state index contributed by atoms with van der Waals surface area (Å²) in [6, 6.07) is 4.33. The molecule has 0 unspecified atom stereocenters. The Hall–Kier alpha value is -1.13. The minimum absolute atomic E-state index is 0.133. The Labute approximate surface area is 103 Å². The number of anilines is 1. The molecule has 0 amide bonds. The van der Waals surface area contributed by atoms with Gasteiger partial charge in [-0.05, 0) is 31.4 Å². The van der Waals surface area contributed by atoms with Crippen LogP contribution in [0.5, 0.6) is 0 Å². The van der Waals surface area contributed by atoms with Gasteiger partial charge in [0, 0.05) is 31.9 Å². The third kappa shape index (κ3) is 3.41. The van der Waals surface area contributed by atoms with Crippen LogP contribution in [-0.4, -0.2) is 35.8 Å². The molecule has 1 aliphatic heterocycles. The van der Waals surface area contributed by atoms with E-state index in [-0.39, 0.29) is 12.6 Å². The Bertz CT molecular complexity index is 333. The molecule has 0 aromatic carbocycles. The second-order valence-corrected chi connectivity index (χ2v) is 4.68. The van der Waals surface area contributed by atoms with Crippen LogP contribution in [0.2, 0.25) is 0 Å². The minimum Gasteiger partial charge on any atom is -0.395 e. The summed E-state index contributed by atoms with van der Waals surface area (Å²) in [5, 5.41) is 12.1. The first kappa shape index (κ1) is 12.3. The zero-order valence-corrected chi connectivity index (χ0v) is 10.4. The Morgan fingerprint density at radius 3 is 2.76 bits per heavy atom. The van der Waals surface area contributed by atoms with Crippen molar-refractivity contribution in [2.24, 2.45) is 0 Å². The zero-order valence-electron chi connectivity index (χ0n) is 10.4. The molecule has 1 fully saturated rings. The monoisotopic (exact) mass is 235 g/mol. The first-order chi connectivity index (χ1) is 8.29. The van der Waals surface area contributed by atoms with E-state index in [1.54, 1.807) is 0 Å². The third-order valence-electron chi connectivity index (χ3n) is 3.17. The summed E-state index contributed by atoms with van der Waals surface area (Å²) >= 11 is 0. The Morgan fingerprint density at radius 1 is 1.41 bits per heavy atom. The second kappa shape index (κ2) is 5.98. The highest BCUT2D eigenvalue weighted by atomic mass is 16.3. The van der Waals surface area contributed by atoms with Crippen LogP contribution in [0.15, 0.2) is 18.3 Å². The van der Waals surface area contributed by atoms with Gasteiger partial charge in [-0.15, -0.1) is 0 Å². The van der Waals surface area contributed by atoms with Crippen molar-refractivity contribution in [3.05, 3.63) is 23.9 Å². The molecule has 1 aromatic rings. The molecule has 2 N–H and O–H groups in total. The predicted molar refractivity (Wildman–Crippen MR) is 69.1 cm³/mol. The van der Waals surface area contributed by atoms with Gasteiger partial charge < -0.3 is 15.3 Å². The molecule has 1 aromatic heterocycles. The molecule has 0 spiro atoms. The number of aliphatic hydroxyl groups is 1. The van der Waals surface area contributed by atoms with Crippen LogP contribution >= 0.6 is 0 Å².